The van der Waals surface area contributed by atoms with E-state index in [-0.39, 0.29) is 43.1 Å². The van der Waals surface area contributed by atoms with E-state index in [1.165, 1.54) is 7.11 Å². The van der Waals surface area contributed by atoms with Crippen molar-refractivity contribution in [3.63, 3.8) is 0 Å². The predicted octanol–water partition coefficient (Wildman–Crippen LogP) is 1.79. The van der Waals surface area contributed by atoms with E-state index < -0.39 is 11.6 Å². The standard InChI is InChI=1S/C23H19N3O7/c1-3-23(29)15-5-17-20-13(8-26(17)21(27)14(15)9-31-22(23)28)12(7-24-30-2)11-4-18-19(33-10-32-18)6-16(11)25-20/h4-7,29H,3,8-10H2,1-2H3/b24-7+/t23-/m0/s1. The lowest BCUT2D eigenvalue weighted by Crippen LogP contribution is -2.44. The molecular weight excluding hydrogens is 430 g/mol. The number of rotatable bonds is 3. The summed E-state index contributed by atoms with van der Waals surface area (Å²) in [7, 11) is 1.45. The molecule has 2 aromatic heterocycles. The normalized spacial score (nSPS) is 20.0. The summed E-state index contributed by atoms with van der Waals surface area (Å²) < 4.78 is 17.7. The molecule has 1 aromatic carbocycles. The van der Waals surface area contributed by atoms with Crippen LogP contribution in [-0.2, 0) is 33.1 Å². The van der Waals surface area contributed by atoms with Gasteiger partial charge in [0.25, 0.3) is 5.56 Å². The highest BCUT2D eigenvalue weighted by Crippen LogP contribution is 2.42. The fourth-order valence-electron chi connectivity index (χ4n) is 4.75. The number of benzene rings is 1. The minimum atomic E-state index is -1.88. The second-order valence-electron chi connectivity index (χ2n) is 8.10. The highest BCUT2D eigenvalue weighted by atomic mass is 16.7. The number of aromatic nitrogens is 2. The third kappa shape index (κ3) is 2.58. The molecule has 0 saturated carbocycles. The summed E-state index contributed by atoms with van der Waals surface area (Å²) in [6.45, 7) is 1.87. The maximum atomic E-state index is 13.4. The molecule has 0 unspecified atom stereocenters. The molecule has 6 rings (SSSR count). The number of hydrogen-bond donors (Lipinski definition) is 1. The number of aliphatic hydroxyl groups is 1. The van der Waals surface area contributed by atoms with Gasteiger partial charge >= 0.3 is 5.97 Å². The number of esters is 1. The number of fused-ring (bicyclic) bond motifs is 6. The Hall–Kier alpha value is -3.92. The minimum Gasteiger partial charge on any atom is -0.458 e. The van der Waals surface area contributed by atoms with Crippen LogP contribution < -0.4 is 15.0 Å². The van der Waals surface area contributed by atoms with Crippen molar-refractivity contribution in [2.24, 2.45) is 5.16 Å². The largest absolute Gasteiger partial charge is 0.458 e. The number of hydrogen-bond acceptors (Lipinski definition) is 9. The average molecular weight is 449 g/mol. The van der Waals surface area contributed by atoms with Crippen molar-refractivity contribution >= 4 is 23.1 Å². The molecule has 3 aromatic rings. The van der Waals surface area contributed by atoms with Crippen LogP contribution in [-0.4, -0.2) is 40.7 Å². The molecule has 1 N–H and O–H groups in total. The van der Waals surface area contributed by atoms with Gasteiger partial charge in [0.15, 0.2) is 17.1 Å². The summed E-state index contributed by atoms with van der Waals surface area (Å²) >= 11 is 0. The van der Waals surface area contributed by atoms with Gasteiger partial charge in [-0.05, 0) is 18.6 Å². The van der Waals surface area contributed by atoms with Crippen molar-refractivity contribution in [1.82, 2.24) is 9.55 Å². The molecule has 0 aliphatic carbocycles. The van der Waals surface area contributed by atoms with E-state index in [1.807, 2.05) is 6.07 Å². The van der Waals surface area contributed by atoms with Crippen LogP contribution in [0.3, 0.4) is 0 Å². The predicted molar refractivity (Wildman–Crippen MR) is 115 cm³/mol. The Kier molecular flexibility index (Phi) is 4.06. The van der Waals surface area contributed by atoms with Gasteiger partial charge in [-0.25, -0.2) is 9.78 Å². The van der Waals surface area contributed by atoms with Crippen LogP contribution in [0.25, 0.3) is 22.3 Å². The number of oxime groups is 1. The van der Waals surface area contributed by atoms with E-state index in [0.29, 0.717) is 28.4 Å². The van der Waals surface area contributed by atoms with Crippen molar-refractivity contribution in [1.29, 1.82) is 0 Å². The molecule has 3 aliphatic rings. The van der Waals surface area contributed by atoms with E-state index in [4.69, 9.17) is 24.0 Å². The molecule has 0 bridgehead atoms. The average Bonchev–Trinajstić information content (AvgIpc) is 3.42. The summed E-state index contributed by atoms with van der Waals surface area (Å²) in [6.07, 6.45) is 1.66. The number of carbonyl (C=O) groups is 1. The molecule has 3 aliphatic heterocycles. The number of cyclic esters (lactones) is 1. The van der Waals surface area contributed by atoms with Crippen molar-refractivity contribution in [3.8, 4) is 22.9 Å². The number of carbonyl (C=O) groups excluding carboxylic acids is 1. The van der Waals surface area contributed by atoms with Crippen LogP contribution in [0.5, 0.6) is 11.5 Å². The summed E-state index contributed by atoms with van der Waals surface area (Å²) in [5.41, 5.74) is 1.54. The van der Waals surface area contributed by atoms with Crippen molar-refractivity contribution < 1.29 is 28.9 Å². The highest BCUT2D eigenvalue weighted by molar-refractivity contribution is 6.03. The summed E-state index contributed by atoms with van der Waals surface area (Å²) in [4.78, 5) is 35.5. The molecule has 0 amide bonds. The monoisotopic (exact) mass is 449 g/mol. The number of nitrogens with zero attached hydrogens (tertiary/aromatic N) is 3. The molecule has 0 saturated heterocycles. The lowest BCUT2D eigenvalue weighted by Gasteiger charge is -2.31. The van der Waals surface area contributed by atoms with Crippen molar-refractivity contribution in [2.75, 3.05) is 13.9 Å². The number of ether oxygens (including phenoxy) is 3. The molecular formula is C23H19N3O7. The molecule has 1 atom stereocenters. The van der Waals surface area contributed by atoms with Gasteiger partial charge in [0.1, 0.15) is 13.7 Å². The maximum absolute atomic E-state index is 13.4. The molecule has 168 valence electrons. The third-order valence-corrected chi connectivity index (χ3v) is 6.51. The first kappa shape index (κ1) is 19.7. The van der Waals surface area contributed by atoms with Crippen molar-refractivity contribution in [2.45, 2.75) is 32.1 Å². The van der Waals surface area contributed by atoms with Gasteiger partial charge in [0.2, 0.25) is 6.79 Å². The first-order chi connectivity index (χ1) is 16.0. The van der Waals surface area contributed by atoms with Gasteiger partial charge in [-0.2, -0.15) is 0 Å². The zero-order valence-electron chi connectivity index (χ0n) is 17.9. The topological polar surface area (TPSA) is 121 Å². The Morgan fingerprint density at radius 3 is 2.76 bits per heavy atom. The molecule has 0 fully saturated rings. The fraction of sp³-hybridized carbons (Fsp3) is 0.304. The van der Waals surface area contributed by atoms with Gasteiger partial charge in [-0.15, -0.1) is 0 Å². The Labute approximate surface area is 187 Å². The molecule has 0 spiro atoms. The first-order valence-electron chi connectivity index (χ1n) is 10.5. The zero-order chi connectivity index (χ0) is 22.9. The van der Waals surface area contributed by atoms with Crippen LogP contribution in [0.1, 0.15) is 35.6 Å². The quantitative estimate of drug-likeness (QED) is 0.285. The summed E-state index contributed by atoms with van der Waals surface area (Å²) in [5.74, 6) is 0.420. The molecule has 0 radical (unpaired) electrons. The Morgan fingerprint density at radius 1 is 1.21 bits per heavy atom. The lowest BCUT2D eigenvalue weighted by atomic mass is 9.86. The Balaban J connectivity index is 1.66. The molecule has 10 heteroatoms. The smallest absolute Gasteiger partial charge is 0.343 e. The second kappa shape index (κ2) is 6.79. The Bertz CT molecular complexity index is 1460. The van der Waals surface area contributed by atoms with E-state index in [2.05, 4.69) is 5.16 Å². The minimum absolute atomic E-state index is 0.0783. The van der Waals surface area contributed by atoms with Gasteiger partial charge in [-0.1, -0.05) is 12.1 Å². The molecule has 10 nitrogen and oxygen atoms in total. The molecule has 33 heavy (non-hydrogen) atoms. The second-order valence-corrected chi connectivity index (χ2v) is 8.10. The van der Waals surface area contributed by atoms with Crippen LogP contribution >= 0.6 is 0 Å². The van der Waals surface area contributed by atoms with Crippen LogP contribution in [0.4, 0.5) is 0 Å². The van der Waals surface area contributed by atoms with Crippen LogP contribution in [0.2, 0.25) is 0 Å². The van der Waals surface area contributed by atoms with Gasteiger partial charge in [-0.3, -0.25) is 4.79 Å². The highest BCUT2D eigenvalue weighted by Gasteiger charge is 2.45. The summed E-state index contributed by atoms with van der Waals surface area (Å²) in [5, 5.41) is 15.8. The zero-order valence-corrected chi connectivity index (χ0v) is 17.9. The lowest BCUT2D eigenvalue weighted by molar-refractivity contribution is -0.172. The Morgan fingerprint density at radius 2 is 2.00 bits per heavy atom. The van der Waals surface area contributed by atoms with Crippen LogP contribution in [0.15, 0.2) is 28.1 Å². The molecule has 5 heterocycles. The van der Waals surface area contributed by atoms with E-state index in [9.17, 15) is 14.7 Å². The van der Waals surface area contributed by atoms with Gasteiger partial charge in [0, 0.05) is 28.1 Å². The first-order valence-corrected chi connectivity index (χ1v) is 10.5. The fourth-order valence-corrected chi connectivity index (χ4v) is 4.75. The third-order valence-electron chi connectivity index (χ3n) is 6.51. The van der Waals surface area contributed by atoms with E-state index in [0.717, 1.165) is 16.5 Å². The maximum Gasteiger partial charge on any atom is 0.343 e. The van der Waals surface area contributed by atoms with Gasteiger partial charge < -0.3 is 28.7 Å². The summed E-state index contributed by atoms with van der Waals surface area (Å²) in [6, 6.07) is 5.29. The number of pyridine rings is 2. The van der Waals surface area contributed by atoms with E-state index >= 15 is 0 Å². The van der Waals surface area contributed by atoms with Gasteiger partial charge in [0.05, 0.1) is 35.2 Å². The van der Waals surface area contributed by atoms with E-state index in [1.54, 1.807) is 29.8 Å². The van der Waals surface area contributed by atoms with Crippen molar-refractivity contribution in [3.05, 3.63) is 50.8 Å². The SMILES string of the molecule is CC[C@@]1(O)C(=O)OCc2c1cc1n(c2=O)Cc2c-1nc1cc3c(cc1c2/C=N/OC)OCO3. The van der Waals surface area contributed by atoms with Crippen LogP contribution in [0, 0.1) is 0 Å².